The fourth-order valence-corrected chi connectivity index (χ4v) is 10.2. The van der Waals surface area contributed by atoms with E-state index >= 15 is 0 Å². The molecule has 0 saturated heterocycles. The Hall–Kier alpha value is -7.68. The van der Waals surface area contributed by atoms with E-state index in [0.717, 1.165) is 85.7 Å². The van der Waals surface area contributed by atoms with Gasteiger partial charge in [0, 0.05) is 24.5 Å². The van der Waals surface area contributed by atoms with Crippen LogP contribution in [0.2, 0.25) is 0 Å². The molecule has 0 N–H and O–H groups in total. The maximum Gasteiger partial charge on any atom is 0.416 e. The van der Waals surface area contributed by atoms with Gasteiger partial charge in [0.2, 0.25) is 0 Å². The number of nitriles is 2. The number of benzene rings is 4. The number of amides is 4. The third-order valence-corrected chi connectivity index (χ3v) is 14.3. The number of unbranched alkanes of at least 4 members (excludes halogenated alkanes) is 5. The number of allylic oxidation sites excluding steroid dienone is 2. The Morgan fingerprint density at radius 1 is 0.537 bits per heavy atom. The molecule has 4 amide bonds. The molecule has 14 nitrogen and oxygen atoms in total. The van der Waals surface area contributed by atoms with E-state index in [9.17, 15) is 56.0 Å². The van der Waals surface area contributed by atoms with Crippen LogP contribution in [0.1, 0.15) is 125 Å². The summed E-state index contributed by atoms with van der Waals surface area (Å²) in [5, 5.41) is 19.0. The molecule has 2 heterocycles. The first-order valence-electron chi connectivity index (χ1n) is 26.8. The maximum absolute atomic E-state index is 14.5. The maximum atomic E-state index is 14.5. The van der Waals surface area contributed by atoms with E-state index in [1.165, 1.54) is 47.9 Å². The Labute approximate surface area is 464 Å². The molecule has 4 aromatic rings. The summed E-state index contributed by atoms with van der Waals surface area (Å²) in [6.07, 6.45) is -2.59. The average Bonchev–Trinajstić information content (AvgIpc) is 3.43. The summed E-state index contributed by atoms with van der Waals surface area (Å²) in [6.45, 7) is 9.37. The number of nitrogens with zero attached hydrogens (tertiary/aromatic N) is 8. The van der Waals surface area contributed by atoms with Crippen molar-refractivity contribution in [3.05, 3.63) is 153 Å². The Morgan fingerprint density at radius 2 is 0.875 bits per heavy atom. The van der Waals surface area contributed by atoms with E-state index in [4.69, 9.17) is 9.47 Å². The second kappa shape index (κ2) is 28.0. The molecule has 0 spiro atoms. The summed E-state index contributed by atoms with van der Waals surface area (Å²) in [6, 6.07) is 22.8. The molecule has 2 aliphatic rings. The molecule has 0 radical (unpaired) electrons. The van der Waals surface area contributed by atoms with Gasteiger partial charge in [-0.3, -0.25) is 9.80 Å². The number of carbonyl (C=O) groups excluding carboxylic acids is 4. The Kier molecular flexibility index (Phi) is 21.5. The minimum Gasteiger partial charge on any atom is -0.463 e. The van der Waals surface area contributed by atoms with Gasteiger partial charge in [-0.05, 0) is 165 Å². The van der Waals surface area contributed by atoms with Crippen molar-refractivity contribution in [3.63, 3.8) is 0 Å². The molecule has 0 unspecified atom stereocenters. The fraction of sp³-hybridized carbons (Fsp3) is 0.433. The van der Waals surface area contributed by atoms with Gasteiger partial charge >= 0.3 is 36.4 Å². The normalized spacial score (nSPS) is 16.2. The first kappa shape index (κ1) is 61.5. The van der Waals surface area contributed by atoms with Crippen molar-refractivity contribution in [2.75, 3.05) is 76.4 Å². The topological polar surface area (TPSA) is 154 Å². The molecule has 0 fully saturated rings. The van der Waals surface area contributed by atoms with Crippen LogP contribution in [0.4, 0.5) is 47.3 Å². The van der Waals surface area contributed by atoms with Crippen molar-refractivity contribution in [1.82, 2.24) is 19.6 Å². The average molecular weight is 1110 g/mol. The largest absolute Gasteiger partial charge is 0.463 e. The summed E-state index contributed by atoms with van der Waals surface area (Å²) in [7, 11) is 3.96. The minimum absolute atomic E-state index is 0.0219. The van der Waals surface area contributed by atoms with Crippen molar-refractivity contribution < 1.29 is 55.0 Å². The predicted octanol–water partition coefficient (Wildman–Crippen LogP) is 12.8. The second-order valence-electron chi connectivity index (χ2n) is 19.9. The van der Waals surface area contributed by atoms with Gasteiger partial charge in [-0.1, -0.05) is 62.1 Å². The van der Waals surface area contributed by atoms with Crippen molar-refractivity contribution in [2.45, 2.75) is 103 Å². The number of hydrogen-bond donors (Lipinski definition) is 0. The van der Waals surface area contributed by atoms with E-state index in [-0.39, 0.29) is 60.2 Å². The van der Waals surface area contributed by atoms with Crippen LogP contribution >= 0.6 is 0 Å². The summed E-state index contributed by atoms with van der Waals surface area (Å²) < 4.78 is 94.3. The number of hydrogen-bond acceptors (Lipinski definition) is 10. The van der Waals surface area contributed by atoms with Crippen molar-refractivity contribution in [3.8, 4) is 12.1 Å². The van der Waals surface area contributed by atoms with Crippen LogP contribution in [0.5, 0.6) is 0 Å². The van der Waals surface area contributed by atoms with Crippen molar-refractivity contribution in [2.24, 2.45) is 0 Å². The first-order chi connectivity index (χ1) is 38.1. The molecule has 20 heteroatoms. The Bertz CT molecular complexity index is 2770. The van der Waals surface area contributed by atoms with Gasteiger partial charge in [0.05, 0.1) is 82.2 Å². The molecule has 0 bridgehead atoms. The summed E-state index contributed by atoms with van der Waals surface area (Å²) >= 11 is 0. The van der Waals surface area contributed by atoms with Crippen LogP contribution in [-0.2, 0) is 31.4 Å². The van der Waals surface area contributed by atoms with Crippen LogP contribution in [0.15, 0.2) is 120 Å². The standard InChI is InChI=1S/C60H68F6N8O6/c1-7-79-55(75)51-41(3)73(49-21-15-19-47(37-49)59(61,62)63)57(77)71(53(51)45-27-23-43(39-67)24-28-45)35-17-33-69(5)31-13-11-9-10-12-14-32-70(6)34-18-36-72-54(46-29-25-44(40-68)26-30-46)52(56(76)80-8-2)42(4)74(58(72)78)50-22-16-20-48(38-50)60(64,65)66/h15-16,19-30,37-38,53-54H,7-14,17-18,31-36H2,1-6H3/t53-,54-/m1/s1. The summed E-state index contributed by atoms with van der Waals surface area (Å²) in [4.78, 5) is 66.1. The number of ether oxygens (including phenoxy) is 2. The highest BCUT2D eigenvalue weighted by atomic mass is 19.4. The number of rotatable bonds is 25. The molecule has 426 valence electrons. The lowest BCUT2D eigenvalue weighted by atomic mass is 9.92. The zero-order chi connectivity index (χ0) is 58.3. The van der Waals surface area contributed by atoms with E-state index in [2.05, 4.69) is 21.9 Å². The SMILES string of the molecule is CCOC(=O)C1=C(C)N(c2cccc(C(F)(F)F)c2)C(=O)N(CCCN(C)CCCCCCCCN(C)CCCN2C(=O)N(c3cccc(C(F)(F)F)c3)C(C)=C(C(=O)OCC)[C@H]2c2ccc(C#N)cc2)[C@@H]1c1ccc(C#N)cc1. The van der Waals surface area contributed by atoms with Crippen LogP contribution in [-0.4, -0.2) is 110 Å². The molecular formula is C60H68F6N8O6. The number of halogens is 6. The second-order valence-corrected chi connectivity index (χ2v) is 19.9. The van der Waals surface area contributed by atoms with Crippen LogP contribution in [0.3, 0.4) is 0 Å². The molecular weight excluding hydrogens is 1040 g/mol. The Morgan fingerprint density at radius 3 is 1.20 bits per heavy atom. The molecule has 4 aromatic carbocycles. The van der Waals surface area contributed by atoms with Gasteiger partial charge in [-0.2, -0.15) is 36.9 Å². The zero-order valence-electron chi connectivity index (χ0n) is 46.0. The van der Waals surface area contributed by atoms with Gasteiger partial charge in [0.25, 0.3) is 0 Å². The number of urea groups is 2. The number of anilines is 2. The minimum atomic E-state index is -4.68. The molecule has 0 aromatic heterocycles. The molecule has 0 saturated carbocycles. The van der Waals surface area contributed by atoms with Crippen molar-refractivity contribution >= 4 is 35.4 Å². The smallest absolute Gasteiger partial charge is 0.416 e. The summed E-state index contributed by atoms with van der Waals surface area (Å²) in [5.74, 6) is -1.43. The molecule has 80 heavy (non-hydrogen) atoms. The molecule has 2 aliphatic heterocycles. The third-order valence-electron chi connectivity index (χ3n) is 14.3. The van der Waals surface area contributed by atoms with Gasteiger partial charge in [-0.25, -0.2) is 19.2 Å². The molecule has 6 rings (SSSR count). The zero-order valence-corrected chi connectivity index (χ0v) is 46.0. The van der Waals surface area contributed by atoms with Gasteiger partial charge < -0.3 is 29.1 Å². The van der Waals surface area contributed by atoms with E-state index < -0.39 is 59.6 Å². The quantitative estimate of drug-likeness (QED) is 0.0356. The number of alkyl halides is 6. The number of carbonyl (C=O) groups is 4. The lowest BCUT2D eigenvalue weighted by Gasteiger charge is -2.43. The van der Waals surface area contributed by atoms with Gasteiger partial charge in [0.15, 0.2) is 0 Å². The van der Waals surface area contributed by atoms with E-state index in [1.54, 1.807) is 62.4 Å². The van der Waals surface area contributed by atoms with Crippen molar-refractivity contribution in [1.29, 1.82) is 10.5 Å². The van der Waals surface area contributed by atoms with Gasteiger partial charge in [-0.15, -0.1) is 0 Å². The summed E-state index contributed by atoms with van der Waals surface area (Å²) in [5.41, 5.74) is 0.303. The fourth-order valence-electron chi connectivity index (χ4n) is 10.2. The van der Waals surface area contributed by atoms with Crippen LogP contribution in [0.25, 0.3) is 0 Å². The number of esters is 2. The van der Waals surface area contributed by atoms with Crippen LogP contribution in [0, 0.1) is 22.7 Å². The molecule has 0 aliphatic carbocycles. The highest BCUT2D eigenvalue weighted by molar-refractivity contribution is 6.04. The lowest BCUT2D eigenvalue weighted by molar-refractivity contribution is -0.140. The van der Waals surface area contributed by atoms with E-state index in [1.807, 2.05) is 14.1 Å². The van der Waals surface area contributed by atoms with Gasteiger partial charge in [0.1, 0.15) is 0 Å². The first-order valence-corrected chi connectivity index (χ1v) is 26.8. The lowest BCUT2D eigenvalue weighted by Crippen LogP contribution is -2.51. The third kappa shape index (κ3) is 15.2. The molecule has 2 atom stereocenters. The highest BCUT2D eigenvalue weighted by Gasteiger charge is 2.45. The predicted molar refractivity (Wildman–Crippen MR) is 290 cm³/mol. The monoisotopic (exact) mass is 1110 g/mol. The highest BCUT2D eigenvalue weighted by Crippen LogP contribution is 2.44. The van der Waals surface area contributed by atoms with Crippen LogP contribution < -0.4 is 9.80 Å². The van der Waals surface area contributed by atoms with E-state index in [0.29, 0.717) is 48.2 Å². The Balaban J connectivity index is 1.01.